The Balaban J connectivity index is 0.00000317. The summed E-state index contributed by atoms with van der Waals surface area (Å²) in [6, 6.07) is 25.8. The summed E-state index contributed by atoms with van der Waals surface area (Å²) >= 11 is 0. The fourth-order valence-corrected chi connectivity index (χ4v) is 7.94. The van der Waals surface area contributed by atoms with Gasteiger partial charge in [-0.2, -0.15) is 15.3 Å². The monoisotopic (exact) mass is 974 g/mol. The number of Topliss-reactive ketones (excluding diaryl/α,β-unsaturated/α-hetero) is 1. The predicted molar refractivity (Wildman–Crippen MR) is 230 cm³/mol. The Kier molecular flexibility index (Phi) is 18.1. The van der Waals surface area contributed by atoms with Crippen LogP contribution in [0.1, 0.15) is 21.5 Å². The number of hydrazone groups is 2. The normalized spacial score (nSPS) is 14.9. The molecule has 19 nitrogen and oxygen atoms in total. The third-order valence-electron chi connectivity index (χ3n) is 9.31. The summed E-state index contributed by atoms with van der Waals surface area (Å²) in [4.78, 5) is 23.0. The molecule has 0 fully saturated rings. The molecule has 0 saturated heterocycles. The van der Waals surface area contributed by atoms with Crippen molar-refractivity contribution in [2.75, 3.05) is 21.9 Å². The number of allylic oxidation sites excluding steroid dienone is 4. The van der Waals surface area contributed by atoms with Crippen LogP contribution in [0.4, 0.5) is 34.1 Å². The van der Waals surface area contributed by atoms with Gasteiger partial charge < -0.3 is 24.7 Å². The van der Waals surface area contributed by atoms with E-state index in [0.717, 1.165) is 46.6 Å². The van der Waals surface area contributed by atoms with Crippen molar-refractivity contribution in [3.05, 3.63) is 149 Å². The first kappa shape index (κ1) is 54.1. The number of carbonyl (C=O) groups is 2. The fourth-order valence-electron chi connectivity index (χ4n) is 6.16. The Morgan fingerprint density at radius 3 is 1.79 bits per heavy atom. The third kappa shape index (κ3) is 12.7. The first-order valence-electron chi connectivity index (χ1n) is 18.0. The van der Waals surface area contributed by atoms with Gasteiger partial charge in [-0.1, -0.05) is 42.5 Å². The average Bonchev–Trinajstić information content (AvgIpc) is 3.23. The van der Waals surface area contributed by atoms with Gasteiger partial charge in [0, 0.05) is 11.8 Å². The van der Waals surface area contributed by atoms with Gasteiger partial charge in [0.25, 0.3) is 0 Å². The number of aryl methyl sites for hydroxylation is 1. The third-order valence-corrected chi connectivity index (χ3v) is 11.9. The van der Waals surface area contributed by atoms with Crippen LogP contribution in [0.3, 0.4) is 0 Å². The quantitative estimate of drug-likeness (QED) is 0.0241. The fraction of sp³-hybridized carbons (Fsp3) is 0.0244. The minimum atomic E-state index is -5.48. The maximum Gasteiger partial charge on any atom is 1.00 e. The number of nitrogens with zero attached hydrogens (tertiary/aromatic N) is 4. The van der Waals surface area contributed by atoms with Crippen molar-refractivity contribution in [1.29, 1.82) is 0 Å². The summed E-state index contributed by atoms with van der Waals surface area (Å²) in [7, 11) is -15.7. The zero-order valence-corrected chi connectivity index (χ0v) is 43.7. The van der Waals surface area contributed by atoms with Crippen molar-refractivity contribution >= 4 is 93.5 Å². The molecular weight excluding hydrogens is 946 g/mol. The van der Waals surface area contributed by atoms with Crippen molar-refractivity contribution in [3.8, 4) is 11.1 Å². The van der Waals surface area contributed by atoms with Gasteiger partial charge in [-0.15, -0.1) is 5.11 Å². The molecule has 2 aliphatic carbocycles. The van der Waals surface area contributed by atoms with Gasteiger partial charge >= 0.3 is 88.7 Å². The maximum atomic E-state index is 13.7. The maximum absolute atomic E-state index is 13.7. The Morgan fingerprint density at radius 2 is 1.21 bits per heavy atom. The molecule has 320 valence electrons. The number of azo groups is 1. The number of benzene rings is 5. The standard InChI is InChI=1S/C41H32N8O11S3.3Na/c1-23-4-2-3-5-32(23)43-34-22-30(50)16-19-33(34)47-44-27-10-6-24(7-11-27)25-8-12-28(13-9-25)45-48-39-35(62(55,56)57)20-26-21-36(63(58,59)60)40(41(51)37(26)38(39)42)49-46-29-14-17-31(18-15-29)61(52,53)54;;;/h2-22,43-44,46H,42H2,1H3,(H,52,53,54)(H,55,56,57)(H,58,59,60);;;/q;3*+1/p-3/b47-33+,48-45?,49-40+;;;. The zero-order chi connectivity index (χ0) is 45.3. The Morgan fingerprint density at radius 1 is 0.636 bits per heavy atom. The SMILES string of the molecule is Cc1ccccc1NC1=CC(=O)C=C/C1=N\Nc1ccc(-c2ccc(N=Nc3c(S(=O)(=O)[O-])cc4c(c3N)C(=O)/C(=N/Nc3ccc(S(=O)(=O)[O-])cc3)C(S(=O)(=O)[O-])=C4)cc2)cc1.[Na+].[Na+].[Na+]. The molecule has 0 bridgehead atoms. The summed E-state index contributed by atoms with van der Waals surface area (Å²) < 4.78 is 108. The second-order valence-corrected chi connectivity index (χ2v) is 17.6. The number of hydrogen-bond acceptors (Lipinski definition) is 19. The molecule has 7 rings (SSSR count). The van der Waals surface area contributed by atoms with E-state index in [-0.39, 0.29) is 106 Å². The number of para-hydroxylation sites is 1. The largest absolute Gasteiger partial charge is 1.00 e. The number of fused-ring (bicyclic) bond motifs is 1. The molecule has 0 unspecified atom stereocenters. The van der Waals surface area contributed by atoms with Crippen LogP contribution in [0.2, 0.25) is 0 Å². The number of nitrogen functional groups attached to an aromatic ring is 1. The number of carbonyl (C=O) groups excluding carboxylic acids is 2. The summed E-state index contributed by atoms with van der Waals surface area (Å²) in [5, 5.41) is 19.4. The summed E-state index contributed by atoms with van der Waals surface area (Å²) in [5.74, 6) is -1.46. The van der Waals surface area contributed by atoms with Crippen LogP contribution < -0.4 is 111 Å². The number of nitrogens with two attached hydrogens (primary N) is 1. The van der Waals surface area contributed by atoms with Crippen molar-refractivity contribution < 1.29 is 137 Å². The summed E-state index contributed by atoms with van der Waals surface area (Å²) in [6.45, 7) is 1.94. The van der Waals surface area contributed by atoms with E-state index in [4.69, 9.17) is 5.73 Å². The second kappa shape index (κ2) is 22.1. The summed E-state index contributed by atoms with van der Waals surface area (Å²) in [6.07, 6.45) is 5.09. The molecule has 5 aromatic carbocycles. The van der Waals surface area contributed by atoms with Gasteiger partial charge in [0.2, 0.25) is 5.78 Å². The van der Waals surface area contributed by atoms with Gasteiger partial charge in [0.15, 0.2) is 5.78 Å². The molecule has 25 heteroatoms. The van der Waals surface area contributed by atoms with Crippen molar-refractivity contribution in [3.63, 3.8) is 0 Å². The number of nitrogens with one attached hydrogen (secondary N) is 3. The van der Waals surface area contributed by atoms with Gasteiger partial charge in [0.1, 0.15) is 47.5 Å². The van der Waals surface area contributed by atoms with Crippen LogP contribution in [0.25, 0.3) is 17.2 Å². The van der Waals surface area contributed by atoms with Crippen molar-refractivity contribution in [1.82, 2.24) is 0 Å². The van der Waals surface area contributed by atoms with Crippen LogP contribution in [0.15, 0.2) is 162 Å². The molecule has 5 N–H and O–H groups in total. The number of ketones is 2. The van der Waals surface area contributed by atoms with Crippen molar-refractivity contribution in [2.24, 2.45) is 20.4 Å². The van der Waals surface area contributed by atoms with Gasteiger partial charge in [-0.05, 0) is 108 Å². The van der Waals surface area contributed by atoms with Gasteiger partial charge in [0.05, 0.1) is 48.7 Å². The van der Waals surface area contributed by atoms with E-state index in [1.807, 2.05) is 43.3 Å². The van der Waals surface area contributed by atoms with E-state index < -0.39 is 79.0 Å². The predicted octanol–water partition coefficient (Wildman–Crippen LogP) is -3.07. The van der Waals surface area contributed by atoms with E-state index >= 15 is 0 Å². The van der Waals surface area contributed by atoms with Crippen LogP contribution in [0.5, 0.6) is 0 Å². The molecule has 0 atom stereocenters. The first-order valence-corrected chi connectivity index (χ1v) is 22.3. The first-order chi connectivity index (χ1) is 29.8. The minimum Gasteiger partial charge on any atom is -0.744 e. The average molecular weight is 975 g/mol. The topological polar surface area (TPSA) is 317 Å². The van der Waals surface area contributed by atoms with E-state index in [1.54, 1.807) is 30.3 Å². The molecule has 2 aliphatic rings. The molecule has 0 saturated carbocycles. The van der Waals surface area contributed by atoms with Crippen LogP contribution >= 0.6 is 0 Å². The minimum absolute atomic E-state index is 0. The van der Waals surface area contributed by atoms with E-state index in [0.29, 0.717) is 29.2 Å². The van der Waals surface area contributed by atoms with E-state index in [9.17, 15) is 48.5 Å². The zero-order valence-electron chi connectivity index (χ0n) is 35.2. The Labute approximate surface area is 444 Å². The molecule has 0 heterocycles. The Hall–Kier alpha value is -4.47. The van der Waals surface area contributed by atoms with Gasteiger partial charge in [-0.3, -0.25) is 20.4 Å². The molecule has 0 radical (unpaired) electrons. The van der Waals surface area contributed by atoms with Crippen LogP contribution in [0, 0.1) is 6.92 Å². The smallest absolute Gasteiger partial charge is 0.744 e. The van der Waals surface area contributed by atoms with E-state index in [1.165, 1.54) is 24.3 Å². The molecule has 5 aromatic rings. The van der Waals surface area contributed by atoms with Crippen LogP contribution in [-0.4, -0.2) is 61.9 Å². The molecule has 0 aromatic heterocycles. The van der Waals surface area contributed by atoms with E-state index in [2.05, 4.69) is 36.6 Å². The molecule has 0 aliphatic heterocycles. The molecular formula is C41H29N8Na3O11S3. The number of anilines is 4. The number of rotatable bonds is 12. The Bertz CT molecular complexity index is 3270. The summed E-state index contributed by atoms with van der Waals surface area (Å²) in [5.41, 5.74) is 13.1. The van der Waals surface area contributed by atoms with Gasteiger partial charge in [-0.25, -0.2) is 25.3 Å². The van der Waals surface area contributed by atoms with Crippen LogP contribution in [-0.2, 0) is 35.1 Å². The number of hydrogen-bond donors (Lipinski definition) is 4. The molecule has 66 heavy (non-hydrogen) atoms. The molecule has 0 amide bonds. The van der Waals surface area contributed by atoms with Crippen molar-refractivity contribution in [2.45, 2.75) is 16.7 Å². The second-order valence-electron chi connectivity index (χ2n) is 13.6. The molecule has 0 spiro atoms.